The smallest absolute Gasteiger partial charge is 0.246 e. The number of rotatable bonds is 4. The summed E-state index contributed by atoms with van der Waals surface area (Å²) in [6.45, 7) is 5.42. The molecule has 2 aliphatic heterocycles. The van der Waals surface area contributed by atoms with Gasteiger partial charge in [0, 0.05) is 42.9 Å². The molecule has 6 heteroatoms. The van der Waals surface area contributed by atoms with Crippen LogP contribution in [0.2, 0.25) is 0 Å². The van der Waals surface area contributed by atoms with E-state index in [4.69, 9.17) is 4.74 Å². The van der Waals surface area contributed by atoms with E-state index >= 15 is 0 Å². The molecule has 1 aromatic heterocycles. The Morgan fingerprint density at radius 2 is 2.22 bits per heavy atom. The van der Waals surface area contributed by atoms with Crippen LogP contribution in [0.25, 0.3) is 6.08 Å². The monoisotopic (exact) mass is 352 g/mol. The zero-order chi connectivity index (χ0) is 15.9. The normalized spacial score (nSPS) is 24.0. The second-order valence-electron chi connectivity index (χ2n) is 5.88. The van der Waals surface area contributed by atoms with E-state index in [0.29, 0.717) is 6.04 Å². The molecule has 2 fully saturated rings. The Hall–Kier alpha value is -0.820. The summed E-state index contributed by atoms with van der Waals surface area (Å²) in [4.78, 5) is 18.3. The molecule has 0 N–H and O–H groups in total. The van der Waals surface area contributed by atoms with Crippen LogP contribution in [0.15, 0.2) is 23.6 Å². The van der Waals surface area contributed by atoms with Crippen molar-refractivity contribution in [2.45, 2.75) is 12.5 Å². The van der Waals surface area contributed by atoms with Crippen LogP contribution in [0.4, 0.5) is 0 Å². The van der Waals surface area contributed by atoms with Gasteiger partial charge in [0.05, 0.1) is 19.3 Å². The van der Waals surface area contributed by atoms with E-state index in [1.54, 1.807) is 17.4 Å². The summed E-state index contributed by atoms with van der Waals surface area (Å²) >= 11 is 3.64. The Balaban J connectivity index is 1.63. The van der Waals surface area contributed by atoms with Crippen LogP contribution in [-0.2, 0) is 9.53 Å². The molecule has 3 rings (SSSR count). The zero-order valence-electron chi connectivity index (χ0n) is 13.4. The third-order valence-electron chi connectivity index (χ3n) is 4.23. The molecule has 0 aliphatic carbocycles. The lowest BCUT2D eigenvalue weighted by Gasteiger charge is -2.35. The number of morpholine rings is 1. The lowest BCUT2D eigenvalue weighted by molar-refractivity contribution is -0.128. The van der Waals surface area contributed by atoms with Crippen molar-refractivity contribution in [3.05, 3.63) is 28.5 Å². The van der Waals surface area contributed by atoms with Gasteiger partial charge < -0.3 is 9.64 Å². The van der Waals surface area contributed by atoms with Crippen molar-refractivity contribution >= 4 is 35.1 Å². The number of hydrogen-bond donors (Lipinski definition) is 0. The summed E-state index contributed by atoms with van der Waals surface area (Å²) in [5.41, 5.74) is 0. The third kappa shape index (κ3) is 5.08. The molecule has 0 radical (unpaired) electrons. The number of thiophene rings is 1. The van der Waals surface area contributed by atoms with Gasteiger partial charge in [-0.2, -0.15) is 11.8 Å². The average molecular weight is 353 g/mol. The van der Waals surface area contributed by atoms with Crippen LogP contribution in [0.1, 0.15) is 11.3 Å². The van der Waals surface area contributed by atoms with Gasteiger partial charge in [-0.15, -0.1) is 11.3 Å². The molecule has 1 aromatic rings. The molecule has 0 bridgehead atoms. The molecule has 0 saturated carbocycles. The quantitative estimate of drug-likeness (QED) is 0.779. The van der Waals surface area contributed by atoms with E-state index in [-0.39, 0.29) is 5.91 Å². The number of thioether (sulfide) groups is 1. The minimum atomic E-state index is 0.152. The minimum absolute atomic E-state index is 0.152. The molecular weight excluding hydrogens is 328 g/mol. The highest BCUT2D eigenvalue weighted by Gasteiger charge is 2.26. The standard InChI is InChI=1S/C17H24N2O2S2/c20-17(5-4-16-3-1-12-23-16)19-6-2-11-22-14-15(19)13-18-7-9-21-10-8-18/h1,3-5,12,15H,2,6-11,13-14H2/b5-4+. The Labute approximate surface area is 146 Å². The van der Waals surface area contributed by atoms with E-state index in [1.807, 2.05) is 35.4 Å². The topological polar surface area (TPSA) is 32.8 Å². The fourth-order valence-corrected chi connectivity index (χ4v) is 4.66. The maximum atomic E-state index is 12.7. The van der Waals surface area contributed by atoms with Crippen LogP contribution < -0.4 is 0 Å². The Kier molecular flexibility index (Phi) is 6.56. The van der Waals surface area contributed by atoms with Crippen LogP contribution in [0.5, 0.6) is 0 Å². The summed E-state index contributed by atoms with van der Waals surface area (Å²) in [6, 6.07) is 4.36. The van der Waals surface area contributed by atoms with E-state index in [2.05, 4.69) is 9.80 Å². The average Bonchev–Trinajstić information content (AvgIpc) is 2.99. The largest absolute Gasteiger partial charge is 0.379 e. The van der Waals surface area contributed by atoms with Gasteiger partial charge in [0.25, 0.3) is 0 Å². The van der Waals surface area contributed by atoms with Gasteiger partial charge in [0.1, 0.15) is 0 Å². The van der Waals surface area contributed by atoms with Gasteiger partial charge in [-0.1, -0.05) is 6.07 Å². The molecule has 3 heterocycles. The number of ether oxygens (including phenoxy) is 1. The summed E-state index contributed by atoms with van der Waals surface area (Å²) in [5.74, 6) is 2.34. The maximum absolute atomic E-state index is 12.7. The van der Waals surface area contributed by atoms with E-state index in [0.717, 1.165) is 62.2 Å². The van der Waals surface area contributed by atoms with Crippen molar-refractivity contribution in [1.82, 2.24) is 9.80 Å². The van der Waals surface area contributed by atoms with Crippen molar-refractivity contribution in [3.63, 3.8) is 0 Å². The molecule has 23 heavy (non-hydrogen) atoms. The van der Waals surface area contributed by atoms with E-state index in [1.165, 1.54) is 0 Å². The molecule has 4 nitrogen and oxygen atoms in total. The number of carbonyl (C=O) groups is 1. The molecule has 1 atom stereocenters. The van der Waals surface area contributed by atoms with Crippen molar-refractivity contribution < 1.29 is 9.53 Å². The van der Waals surface area contributed by atoms with Gasteiger partial charge in [-0.05, 0) is 29.7 Å². The lowest BCUT2D eigenvalue weighted by Crippen LogP contribution is -2.50. The first-order chi connectivity index (χ1) is 11.3. The zero-order valence-corrected chi connectivity index (χ0v) is 15.0. The van der Waals surface area contributed by atoms with Crippen molar-refractivity contribution in [1.29, 1.82) is 0 Å². The molecule has 2 aliphatic rings. The second kappa shape index (κ2) is 8.87. The fourth-order valence-electron chi connectivity index (χ4n) is 2.99. The van der Waals surface area contributed by atoms with Crippen LogP contribution in [-0.4, -0.2) is 72.6 Å². The van der Waals surface area contributed by atoms with Gasteiger partial charge >= 0.3 is 0 Å². The van der Waals surface area contributed by atoms with E-state index in [9.17, 15) is 4.79 Å². The summed E-state index contributed by atoms with van der Waals surface area (Å²) in [6.07, 6.45) is 4.77. The van der Waals surface area contributed by atoms with Crippen LogP contribution in [0.3, 0.4) is 0 Å². The highest BCUT2D eigenvalue weighted by atomic mass is 32.2. The summed E-state index contributed by atoms with van der Waals surface area (Å²) in [7, 11) is 0. The molecular formula is C17H24N2O2S2. The van der Waals surface area contributed by atoms with E-state index < -0.39 is 0 Å². The summed E-state index contributed by atoms with van der Waals surface area (Å²) in [5, 5.41) is 2.04. The number of hydrogen-bond acceptors (Lipinski definition) is 5. The van der Waals surface area contributed by atoms with Crippen molar-refractivity contribution in [2.75, 3.05) is 50.9 Å². The Morgan fingerprint density at radius 3 is 3.00 bits per heavy atom. The number of carbonyl (C=O) groups excluding carboxylic acids is 1. The SMILES string of the molecule is O=C(/C=C/c1cccs1)N1CCCSCC1CN1CCOCC1. The van der Waals surface area contributed by atoms with Crippen molar-refractivity contribution in [2.24, 2.45) is 0 Å². The molecule has 2 saturated heterocycles. The van der Waals surface area contributed by atoms with Crippen molar-refractivity contribution in [3.8, 4) is 0 Å². The first kappa shape index (κ1) is 17.0. The fraction of sp³-hybridized carbons (Fsp3) is 0.588. The molecule has 1 unspecified atom stereocenters. The highest BCUT2D eigenvalue weighted by molar-refractivity contribution is 7.99. The van der Waals surface area contributed by atoms with Crippen LogP contribution >= 0.6 is 23.1 Å². The second-order valence-corrected chi connectivity index (χ2v) is 8.00. The number of nitrogens with zero attached hydrogens (tertiary/aromatic N) is 2. The lowest BCUT2D eigenvalue weighted by atomic mass is 10.2. The molecule has 1 amide bonds. The Bertz CT molecular complexity index is 513. The van der Waals surface area contributed by atoms with Gasteiger partial charge in [-0.3, -0.25) is 9.69 Å². The van der Waals surface area contributed by atoms with Gasteiger partial charge in [0.15, 0.2) is 0 Å². The Morgan fingerprint density at radius 1 is 1.35 bits per heavy atom. The van der Waals surface area contributed by atoms with Gasteiger partial charge in [-0.25, -0.2) is 0 Å². The minimum Gasteiger partial charge on any atom is -0.379 e. The third-order valence-corrected chi connectivity index (χ3v) is 6.26. The summed E-state index contributed by atoms with van der Waals surface area (Å²) < 4.78 is 5.43. The van der Waals surface area contributed by atoms with Gasteiger partial charge in [0.2, 0.25) is 5.91 Å². The molecule has 126 valence electrons. The maximum Gasteiger partial charge on any atom is 0.246 e. The first-order valence-electron chi connectivity index (χ1n) is 8.23. The predicted molar refractivity (Wildman–Crippen MR) is 98.1 cm³/mol. The molecule has 0 aromatic carbocycles. The first-order valence-corrected chi connectivity index (χ1v) is 10.3. The number of amides is 1. The van der Waals surface area contributed by atoms with Crippen LogP contribution in [0, 0.1) is 0 Å². The predicted octanol–water partition coefficient (Wildman–Crippen LogP) is 2.43. The highest BCUT2D eigenvalue weighted by Crippen LogP contribution is 2.19. The molecule has 0 spiro atoms.